The zero-order chi connectivity index (χ0) is 13.9. The quantitative estimate of drug-likeness (QED) is 0.874. The lowest BCUT2D eigenvalue weighted by molar-refractivity contribution is 0.529. The van der Waals surface area contributed by atoms with E-state index in [0.717, 1.165) is 13.1 Å². The van der Waals surface area contributed by atoms with E-state index in [0.29, 0.717) is 17.8 Å². The maximum atomic E-state index is 5.78. The fourth-order valence-electron chi connectivity index (χ4n) is 2.58. The van der Waals surface area contributed by atoms with Gasteiger partial charge < -0.3 is 10.6 Å². The molecule has 1 saturated heterocycles. The summed E-state index contributed by atoms with van der Waals surface area (Å²) in [6, 6.07) is 0. The normalized spacial score (nSPS) is 18.6. The van der Waals surface area contributed by atoms with Crippen LogP contribution >= 0.6 is 0 Å². The van der Waals surface area contributed by atoms with Crippen LogP contribution in [0.3, 0.4) is 0 Å². The van der Waals surface area contributed by atoms with Crippen molar-refractivity contribution < 1.29 is 0 Å². The van der Waals surface area contributed by atoms with Gasteiger partial charge in [-0.1, -0.05) is 13.3 Å². The van der Waals surface area contributed by atoms with Gasteiger partial charge in [-0.3, -0.25) is 0 Å². The molecule has 0 aliphatic carbocycles. The molecule has 8 nitrogen and oxygen atoms in total. The summed E-state index contributed by atoms with van der Waals surface area (Å²) >= 11 is 0. The number of nitrogens with zero attached hydrogens (tertiary/aromatic N) is 7. The summed E-state index contributed by atoms with van der Waals surface area (Å²) in [5.41, 5.74) is 5.78. The first-order valence-corrected chi connectivity index (χ1v) is 6.87. The summed E-state index contributed by atoms with van der Waals surface area (Å²) in [6.07, 6.45) is 6.61. The van der Waals surface area contributed by atoms with Crippen molar-refractivity contribution in [1.29, 1.82) is 0 Å². The van der Waals surface area contributed by atoms with Gasteiger partial charge in [0.15, 0.2) is 0 Å². The second-order valence-electron chi connectivity index (χ2n) is 5.02. The predicted molar refractivity (Wildman–Crippen MR) is 74.4 cm³/mol. The number of hydrogen-bond acceptors (Lipinski definition) is 7. The first kappa shape index (κ1) is 12.8. The van der Waals surface area contributed by atoms with E-state index in [9.17, 15) is 0 Å². The zero-order valence-electron chi connectivity index (χ0n) is 11.5. The van der Waals surface area contributed by atoms with E-state index in [4.69, 9.17) is 5.73 Å². The van der Waals surface area contributed by atoms with Gasteiger partial charge in [0, 0.05) is 13.1 Å². The summed E-state index contributed by atoms with van der Waals surface area (Å²) in [6.45, 7) is 4.16. The number of anilines is 2. The summed E-state index contributed by atoms with van der Waals surface area (Å²) in [4.78, 5) is 18.8. The Morgan fingerprint density at radius 2 is 2.15 bits per heavy atom. The van der Waals surface area contributed by atoms with Gasteiger partial charge in [0.25, 0.3) is 5.95 Å². The van der Waals surface area contributed by atoms with Crippen LogP contribution in [-0.2, 0) is 0 Å². The molecule has 1 aliphatic rings. The molecule has 0 radical (unpaired) electrons. The molecule has 2 N–H and O–H groups in total. The van der Waals surface area contributed by atoms with Gasteiger partial charge in [-0.15, -0.1) is 0 Å². The maximum Gasteiger partial charge on any atom is 0.258 e. The van der Waals surface area contributed by atoms with Crippen molar-refractivity contribution in [1.82, 2.24) is 29.7 Å². The van der Waals surface area contributed by atoms with Gasteiger partial charge in [0.2, 0.25) is 11.9 Å². The number of rotatable bonds is 4. The number of aromatic nitrogens is 6. The molecule has 0 saturated carbocycles. The molecule has 0 bridgehead atoms. The molecule has 1 atom stereocenters. The monoisotopic (exact) mass is 274 g/mol. The second kappa shape index (κ2) is 5.40. The molecule has 3 heterocycles. The molecule has 3 rings (SSSR count). The molecular formula is C12H18N8. The highest BCUT2D eigenvalue weighted by Gasteiger charge is 2.24. The van der Waals surface area contributed by atoms with Crippen molar-refractivity contribution in [2.45, 2.75) is 26.2 Å². The van der Waals surface area contributed by atoms with Crippen LogP contribution in [0.2, 0.25) is 0 Å². The first-order chi connectivity index (χ1) is 9.76. The highest BCUT2D eigenvalue weighted by Crippen LogP contribution is 2.24. The van der Waals surface area contributed by atoms with Gasteiger partial charge in [-0.25, -0.2) is 4.98 Å². The number of nitrogen functional groups attached to an aromatic ring is 1. The summed E-state index contributed by atoms with van der Waals surface area (Å²) in [5.74, 6) is 1.96. The molecule has 1 fully saturated rings. The maximum absolute atomic E-state index is 5.78. The molecule has 1 unspecified atom stereocenters. The Hall–Kier alpha value is -2.25. The molecule has 0 amide bonds. The molecule has 2 aromatic heterocycles. The average Bonchev–Trinajstić information content (AvgIpc) is 3.09. The standard InChI is InChI=1S/C12H18N8/c1-2-3-9-4-5-19(6-9)11-16-10(13)17-12(18-11)20-8-14-7-15-20/h7-9H,2-6H2,1H3,(H2,13,16,17,18). The van der Waals surface area contributed by atoms with Crippen LogP contribution in [0.1, 0.15) is 26.2 Å². The summed E-state index contributed by atoms with van der Waals surface area (Å²) in [5, 5.41) is 4.02. The minimum atomic E-state index is 0.208. The second-order valence-corrected chi connectivity index (χ2v) is 5.02. The SMILES string of the molecule is CCCC1CCN(c2nc(N)nc(-n3cncn3)n2)C1. The minimum absolute atomic E-state index is 0.208. The molecule has 1 aliphatic heterocycles. The molecule has 2 aromatic rings. The van der Waals surface area contributed by atoms with Crippen molar-refractivity contribution in [3.05, 3.63) is 12.7 Å². The molecular weight excluding hydrogens is 256 g/mol. The molecule has 0 aromatic carbocycles. The van der Waals surface area contributed by atoms with E-state index in [1.54, 1.807) is 6.33 Å². The number of nitrogens with two attached hydrogens (primary N) is 1. The smallest absolute Gasteiger partial charge is 0.258 e. The molecule has 0 spiro atoms. The van der Waals surface area contributed by atoms with Gasteiger partial charge in [-0.05, 0) is 18.8 Å². The lowest BCUT2D eigenvalue weighted by Crippen LogP contribution is -2.24. The largest absolute Gasteiger partial charge is 0.368 e. The van der Waals surface area contributed by atoms with Crippen LogP contribution in [0.5, 0.6) is 0 Å². The Morgan fingerprint density at radius 3 is 2.90 bits per heavy atom. The molecule has 20 heavy (non-hydrogen) atoms. The van der Waals surface area contributed by atoms with Crippen molar-refractivity contribution >= 4 is 11.9 Å². The van der Waals surface area contributed by atoms with Crippen LogP contribution in [0.15, 0.2) is 12.7 Å². The van der Waals surface area contributed by atoms with Crippen LogP contribution in [-0.4, -0.2) is 42.8 Å². The Kier molecular flexibility index (Phi) is 3.44. The van der Waals surface area contributed by atoms with Crippen molar-refractivity contribution in [3.8, 4) is 5.95 Å². The van der Waals surface area contributed by atoms with Gasteiger partial charge >= 0.3 is 0 Å². The van der Waals surface area contributed by atoms with Crippen molar-refractivity contribution in [2.75, 3.05) is 23.7 Å². The predicted octanol–water partition coefficient (Wildman–Crippen LogP) is 0.661. The van der Waals surface area contributed by atoms with E-state index in [1.807, 2.05) is 0 Å². The fourth-order valence-corrected chi connectivity index (χ4v) is 2.58. The Labute approximate surface area is 117 Å². The van der Waals surface area contributed by atoms with Gasteiger partial charge in [0.05, 0.1) is 0 Å². The van der Waals surface area contributed by atoms with Crippen LogP contribution in [0.4, 0.5) is 11.9 Å². The van der Waals surface area contributed by atoms with Gasteiger partial charge in [0.1, 0.15) is 12.7 Å². The third kappa shape index (κ3) is 2.54. The zero-order valence-corrected chi connectivity index (χ0v) is 11.5. The van der Waals surface area contributed by atoms with E-state index in [1.165, 1.54) is 30.3 Å². The van der Waals surface area contributed by atoms with Gasteiger partial charge in [-0.2, -0.15) is 24.7 Å². The third-order valence-corrected chi connectivity index (χ3v) is 3.52. The highest BCUT2D eigenvalue weighted by molar-refractivity contribution is 5.38. The van der Waals surface area contributed by atoms with E-state index in [2.05, 4.69) is 36.9 Å². The Bertz CT molecular complexity index is 567. The van der Waals surface area contributed by atoms with Crippen molar-refractivity contribution in [2.24, 2.45) is 5.92 Å². The highest BCUT2D eigenvalue weighted by atomic mass is 15.4. The fraction of sp³-hybridized carbons (Fsp3) is 0.583. The van der Waals surface area contributed by atoms with Crippen LogP contribution in [0.25, 0.3) is 5.95 Å². The van der Waals surface area contributed by atoms with E-state index >= 15 is 0 Å². The lowest BCUT2D eigenvalue weighted by Gasteiger charge is -2.16. The van der Waals surface area contributed by atoms with Crippen LogP contribution < -0.4 is 10.6 Å². The Morgan fingerprint density at radius 1 is 1.30 bits per heavy atom. The van der Waals surface area contributed by atoms with E-state index in [-0.39, 0.29) is 5.95 Å². The average molecular weight is 274 g/mol. The lowest BCUT2D eigenvalue weighted by atomic mass is 10.0. The minimum Gasteiger partial charge on any atom is -0.368 e. The topological polar surface area (TPSA) is 98.6 Å². The summed E-state index contributed by atoms with van der Waals surface area (Å²) in [7, 11) is 0. The molecule has 8 heteroatoms. The molecule has 106 valence electrons. The van der Waals surface area contributed by atoms with E-state index < -0.39 is 0 Å². The number of hydrogen-bond donors (Lipinski definition) is 1. The summed E-state index contributed by atoms with van der Waals surface area (Å²) < 4.78 is 1.49. The first-order valence-electron chi connectivity index (χ1n) is 6.87. The Balaban J connectivity index is 1.84. The third-order valence-electron chi connectivity index (χ3n) is 3.52. The van der Waals surface area contributed by atoms with Crippen LogP contribution in [0, 0.1) is 5.92 Å². The van der Waals surface area contributed by atoms with Crippen molar-refractivity contribution in [3.63, 3.8) is 0 Å².